The molecule has 4 atom stereocenters. The van der Waals surface area contributed by atoms with E-state index in [9.17, 15) is 19.5 Å². The summed E-state index contributed by atoms with van der Waals surface area (Å²) in [7, 11) is 0. The van der Waals surface area contributed by atoms with Gasteiger partial charge in [-0.25, -0.2) is 0 Å². The van der Waals surface area contributed by atoms with Gasteiger partial charge in [-0.1, -0.05) is 28.1 Å². The number of halogens is 1. The van der Waals surface area contributed by atoms with Crippen molar-refractivity contribution in [2.45, 2.75) is 38.7 Å². The molecule has 1 N–H and O–H groups in total. The Bertz CT molecular complexity index is 618. The maximum atomic E-state index is 12.4. The summed E-state index contributed by atoms with van der Waals surface area (Å²) in [5.74, 6) is -3.06. The summed E-state index contributed by atoms with van der Waals surface area (Å²) in [5.41, 5.74) is -0.719. The molecule has 0 saturated heterocycles. The summed E-state index contributed by atoms with van der Waals surface area (Å²) in [6.07, 6.45) is -0.172. The van der Waals surface area contributed by atoms with E-state index in [2.05, 4.69) is 15.9 Å². The Hall–Kier alpha value is -1.33. The molecule has 1 saturated carbocycles. The highest BCUT2D eigenvalue weighted by molar-refractivity contribution is 9.10. The van der Waals surface area contributed by atoms with Crippen molar-refractivity contribution in [2.24, 2.45) is 11.8 Å². The molecule has 5 heteroatoms. The molecule has 0 aromatic heterocycles. The van der Waals surface area contributed by atoms with Crippen LogP contribution in [0.15, 0.2) is 28.7 Å². The van der Waals surface area contributed by atoms with Gasteiger partial charge in [-0.05, 0) is 38.5 Å². The molecule has 0 unspecified atom stereocenters. The zero-order chi connectivity index (χ0) is 16.7. The fraction of sp³-hybridized carbons (Fsp3) is 0.471. The molecule has 0 amide bonds. The van der Waals surface area contributed by atoms with Crippen molar-refractivity contribution in [2.75, 3.05) is 0 Å². The van der Waals surface area contributed by atoms with E-state index in [-0.39, 0.29) is 23.8 Å². The first kappa shape index (κ1) is 17.0. The summed E-state index contributed by atoms with van der Waals surface area (Å²) in [5, 5.41) is 10.6. The van der Waals surface area contributed by atoms with Gasteiger partial charge in [0.05, 0.1) is 17.4 Å². The minimum Gasteiger partial charge on any atom is -0.389 e. The van der Waals surface area contributed by atoms with Crippen LogP contribution < -0.4 is 0 Å². The number of Topliss-reactive ketones (excluding diaryl/α,β-unsaturated/α-hetero) is 3. The van der Waals surface area contributed by atoms with Gasteiger partial charge >= 0.3 is 0 Å². The van der Waals surface area contributed by atoms with Gasteiger partial charge in [-0.3, -0.25) is 14.4 Å². The van der Waals surface area contributed by atoms with E-state index in [1.165, 1.54) is 20.8 Å². The standard InChI is InChI=1S/C17H19BrO4/c1-9(19)14-13(21)8-17(3,22)16(10(2)20)15(14)11-4-6-12(18)7-5-11/h4-7,14-16,22H,8H2,1-3H3/t14-,15-,16-,17-/m1/s1. The first-order chi connectivity index (χ1) is 10.1. The normalized spacial score (nSPS) is 31.9. The monoisotopic (exact) mass is 366 g/mol. The van der Waals surface area contributed by atoms with Crippen LogP contribution in [0.25, 0.3) is 0 Å². The average molecular weight is 367 g/mol. The molecule has 1 aliphatic carbocycles. The van der Waals surface area contributed by atoms with E-state index < -0.39 is 23.4 Å². The molecule has 0 aliphatic heterocycles. The Morgan fingerprint density at radius 1 is 1.18 bits per heavy atom. The Morgan fingerprint density at radius 2 is 1.73 bits per heavy atom. The molecular formula is C17H19BrO4. The van der Waals surface area contributed by atoms with Crippen molar-refractivity contribution in [1.29, 1.82) is 0 Å². The molecule has 4 nitrogen and oxygen atoms in total. The van der Waals surface area contributed by atoms with Crippen LogP contribution in [-0.4, -0.2) is 28.1 Å². The van der Waals surface area contributed by atoms with Crippen LogP contribution in [0.2, 0.25) is 0 Å². The minimum atomic E-state index is -1.44. The van der Waals surface area contributed by atoms with Crippen molar-refractivity contribution in [3.8, 4) is 0 Å². The minimum absolute atomic E-state index is 0.172. The van der Waals surface area contributed by atoms with E-state index in [1.54, 1.807) is 24.3 Å². The van der Waals surface area contributed by atoms with E-state index in [4.69, 9.17) is 0 Å². The molecule has 0 bridgehead atoms. The fourth-order valence-electron chi connectivity index (χ4n) is 3.59. The summed E-state index contributed by atoms with van der Waals surface area (Å²) in [4.78, 5) is 36.5. The zero-order valence-corrected chi connectivity index (χ0v) is 14.4. The number of carbonyl (C=O) groups is 3. The summed E-state index contributed by atoms with van der Waals surface area (Å²) >= 11 is 3.34. The lowest BCUT2D eigenvalue weighted by atomic mass is 9.60. The van der Waals surface area contributed by atoms with E-state index in [1.807, 2.05) is 0 Å². The van der Waals surface area contributed by atoms with E-state index in [0.29, 0.717) is 0 Å². The van der Waals surface area contributed by atoms with Crippen LogP contribution in [-0.2, 0) is 14.4 Å². The number of benzene rings is 1. The number of rotatable bonds is 3. The third-order valence-electron chi connectivity index (χ3n) is 4.40. The molecule has 118 valence electrons. The van der Waals surface area contributed by atoms with Crippen LogP contribution in [0, 0.1) is 11.8 Å². The molecule has 0 heterocycles. The van der Waals surface area contributed by atoms with Gasteiger partial charge < -0.3 is 5.11 Å². The van der Waals surface area contributed by atoms with Crippen molar-refractivity contribution in [3.63, 3.8) is 0 Å². The second-order valence-electron chi connectivity index (χ2n) is 6.25. The molecular weight excluding hydrogens is 348 g/mol. The maximum absolute atomic E-state index is 12.4. The van der Waals surface area contributed by atoms with Crippen molar-refractivity contribution < 1.29 is 19.5 Å². The highest BCUT2D eigenvalue weighted by Gasteiger charge is 2.53. The average Bonchev–Trinajstić information content (AvgIpc) is 2.36. The first-order valence-electron chi connectivity index (χ1n) is 7.16. The third kappa shape index (κ3) is 3.06. The Morgan fingerprint density at radius 3 is 2.18 bits per heavy atom. The second kappa shape index (κ2) is 6.05. The lowest BCUT2D eigenvalue weighted by Gasteiger charge is -2.44. The van der Waals surface area contributed by atoms with Gasteiger partial charge in [-0.2, -0.15) is 0 Å². The molecule has 1 aliphatic rings. The van der Waals surface area contributed by atoms with E-state index in [0.717, 1.165) is 10.0 Å². The molecule has 0 spiro atoms. The first-order valence-corrected chi connectivity index (χ1v) is 7.96. The molecule has 0 radical (unpaired) electrons. The quantitative estimate of drug-likeness (QED) is 0.834. The highest BCUT2D eigenvalue weighted by atomic mass is 79.9. The number of hydrogen-bond acceptors (Lipinski definition) is 4. The van der Waals surface area contributed by atoms with Gasteiger partial charge in [0.2, 0.25) is 0 Å². The SMILES string of the molecule is CC(=O)[C@@H]1C(=O)C[C@@](C)(O)[C@H](C(C)=O)[C@@H]1c1ccc(Br)cc1. The molecule has 22 heavy (non-hydrogen) atoms. The lowest BCUT2D eigenvalue weighted by Crippen LogP contribution is -2.53. The largest absolute Gasteiger partial charge is 0.389 e. The molecule has 2 rings (SSSR count). The summed E-state index contributed by atoms with van der Waals surface area (Å²) < 4.78 is 0.865. The lowest BCUT2D eigenvalue weighted by molar-refractivity contribution is -0.151. The predicted octanol–water partition coefficient (Wildman–Crippen LogP) is 2.67. The topological polar surface area (TPSA) is 71.4 Å². The van der Waals surface area contributed by atoms with Gasteiger partial charge in [0.15, 0.2) is 0 Å². The van der Waals surface area contributed by atoms with Crippen LogP contribution in [0.3, 0.4) is 0 Å². The second-order valence-corrected chi connectivity index (χ2v) is 7.17. The number of carbonyl (C=O) groups excluding carboxylic acids is 3. The molecule has 1 fully saturated rings. The van der Waals surface area contributed by atoms with Gasteiger partial charge in [0.25, 0.3) is 0 Å². The van der Waals surface area contributed by atoms with Crippen molar-refractivity contribution >= 4 is 33.3 Å². The Kier molecular flexibility index (Phi) is 4.68. The fourth-order valence-corrected chi connectivity index (χ4v) is 3.86. The van der Waals surface area contributed by atoms with Crippen LogP contribution in [0.4, 0.5) is 0 Å². The maximum Gasteiger partial charge on any atom is 0.146 e. The highest BCUT2D eigenvalue weighted by Crippen LogP contribution is 2.46. The number of hydrogen-bond donors (Lipinski definition) is 1. The van der Waals surface area contributed by atoms with Gasteiger partial charge in [0.1, 0.15) is 17.3 Å². The Labute approximate surface area is 138 Å². The summed E-state index contributed by atoms with van der Waals surface area (Å²) in [6.45, 7) is 4.27. The van der Waals surface area contributed by atoms with Crippen molar-refractivity contribution in [3.05, 3.63) is 34.3 Å². The van der Waals surface area contributed by atoms with Crippen LogP contribution in [0.5, 0.6) is 0 Å². The van der Waals surface area contributed by atoms with Crippen LogP contribution >= 0.6 is 15.9 Å². The predicted molar refractivity (Wildman–Crippen MR) is 85.5 cm³/mol. The molecule has 1 aromatic carbocycles. The van der Waals surface area contributed by atoms with Crippen molar-refractivity contribution in [1.82, 2.24) is 0 Å². The molecule has 1 aromatic rings. The summed E-state index contributed by atoms with van der Waals surface area (Å²) in [6, 6.07) is 7.18. The number of ketones is 3. The van der Waals surface area contributed by atoms with Crippen LogP contribution in [0.1, 0.15) is 38.7 Å². The van der Waals surface area contributed by atoms with E-state index >= 15 is 0 Å². The Balaban J connectivity index is 2.61. The van der Waals surface area contributed by atoms with Gasteiger partial charge in [0, 0.05) is 16.8 Å². The van der Waals surface area contributed by atoms with Gasteiger partial charge in [-0.15, -0.1) is 0 Å². The third-order valence-corrected chi connectivity index (χ3v) is 4.93. The zero-order valence-electron chi connectivity index (χ0n) is 12.8. The number of aliphatic hydroxyl groups is 1. The smallest absolute Gasteiger partial charge is 0.146 e.